The van der Waals surface area contributed by atoms with Gasteiger partial charge in [-0.3, -0.25) is 0 Å². The average molecular weight is 652 g/mol. The first-order valence-corrected chi connectivity index (χ1v) is 15.7. The van der Waals surface area contributed by atoms with E-state index in [1.807, 2.05) is 42.5 Å². The molecule has 0 bridgehead atoms. The Morgan fingerprint density at radius 1 is 0.440 bits per heavy atom. The lowest BCUT2D eigenvalue weighted by molar-refractivity contribution is 0.669. The van der Waals surface area contributed by atoms with Gasteiger partial charge >= 0.3 is 0 Å². The predicted octanol–water partition coefficient (Wildman–Crippen LogP) is 11.5. The summed E-state index contributed by atoms with van der Waals surface area (Å²) in [5.74, 6) is 0.424. The Morgan fingerprint density at radius 2 is 1.18 bits per heavy atom. The van der Waals surface area contributed by atoms with Crippen molar-refractivity contribution < 1.29 is 19.5 Å². The maximum absolute atomic E-state index is 9.58. The molecule has 10 aromatic rings. The lowest BCUT2D eigenvalue weighted by Gasteiger charge is -2.12. The number of fused-ring (bicyclic) bond motifs is 9. The van der Waals surface area contributed by atoms with Crippen molar-refractivity contribution in [1.29, 1.82) is 0 Å². The van der Waals surface area contributed by atoms with Gasteiger partial charge in [0, 0.05) is 33.2 Å². The molecule has 0 atom stereocenters. The fraction of sp³-hybridized carbons (Fsp3) is 0. The van der Waals surface area contributed by atoms with Crippen LogP contribution in [0.3, 0.4) is 0 Å². The number of hydrogen-bond donors (Lipinski definition) is 1. The molecule has 2 aromatic heterocycles. The van der Waals surface area contributed by atoms with Crippen LogP contribution in [0.4, 0.5) is 5.69 Å². The number of anilines is 1. The summed E-state index contributed by atoms with van der Waals surface area (Å²) in [4.78, 5) is 14.0. The summed E-state index contributed by atoms with van der Waals surface area (Å²) in [5, 5.41) is 3.53. The number of hydrogen-bond acceptors (Lipinski definition) is 5. The van der Waals surface area contributed by atoms with Gasteiger partial charge in [-0.2, -0.15) is 0 Å². The van der Waals surface area contributed by atoms with Crippen LogP contribution in [-0.4, -0.2) is 15.0 Å². The van der Waals surface area contributed by atoms with E-state index in [4.69, 9.17) is 27.5 Å². The Hall–Kier alpha value is -6.85. The van der Waals surface area contributed by atoms with Crippen molar-refractivity contribution in [3.05, 3.63) is 157 Å². The molecule has 0 aliphatic rings. The van der Waals surface area contributed by atoms with Crippen LogP contribution in [0.1, 0.15) is 15.1 Å². The van der Waals surface area contributed by atoms with Crippen molar-refractivity contribution in [1.82, 2.24) is 15.0 Å². The van der Waals surface area contributed by atoms with E-state index in [-0.39, 0.29) is 93.4 Å². The zero-order valence-electron chi connectivity index (χ0n) is 37.0. The lowest BCUT2D eigenvalue weighted by atomic mass is 9.92. The molecular weight excluding hydrogens is 613 g/mol. The number of rotatable bonds is 4. The molecule has 5 heteroatoms. The smallest absolute Gasteiger partial charge is 0.166 e. The topological polar surface area (TPSA) is 77.8 Å². The minimum absolute atomic E-state index is 0.0209. The number of nitrogens with zero attached hydrogens (tertiary/aromatic N) is 3. The van der Waals surface area contributed by atoms with Crippen molar-refractivity contribution >= 4 is 59.9 Å². The lowest BCUT2D eigenvalue weighted by Crippen LogP contribution is -2.01. The highest BCUT2D eigenvalue weighted by molar-refractivity contribution is 6.25. The molecule has 0 unspecified atom stereocenters. The van der Waals surface area contributed by atoms with Gasteiger partial charge in [0.25, 0.3) is 0 Å². The van der Waals surface area contributed by atoms with E-state index in [1.54, 1.807) is 30.3 Å². The number of nitrogens with two attached hydrogens (primary N) is 1. The fourth-order valence-corrected chi connectivity index (χ4v) is 6.48. The van der Waals surface area contributed by atoms with E-state index in [9.17, 15) is 2.74 Å². The molecule has 234 valence electrons. The van der Waals surface area contributed by atoms with Gasteiger partial charge in [0.05, 0.1) is 15.1 Å². The van der Waals surface area contributed by atoms with Crippen LogP contribution in [-0.2, 0) is 0 Å². The van der Waals surface area contributed by atoms with Crippen LogP contribution in [0.25, 0.3) is 99.5 Å². The highest BCUT2D eigenvalue weighted by Crippen LogP contribution is 2.39. The molecule has 5 nitrogen and oxygen atoms in total. The van der Waals surface area contributed by atoms with E-state index in [0.717, 1.165) is 0 Å². The molecular formula is C45H28N4O. The van der Waals surface area contributed by atoms with Crippen molar-refractivity contribution in [3.63, 3.8) is 0 Å². The third-order valence-electron chi connectivity index (χ3n) is 8.86. The molecule has 0 spiro atoms. The molecule has 8 aromatic carbocycles. The van der Waals surface area contributed by atoms with Gasteiger partial charge in [-0.25, -0.2) is 15.0 Å². The van der Waals surface area contributed by atoms with Crippen LogP contribution >= 0.6 is 0 Å². The minimum Gasteiger partial charge on any atom is -0.456 e. The molecule has 0 fully saturated rings. The molecule has 2 N–H and O–H groups in total. The molecule has 0 saturated carbocycles. The molecule has 0 radical (unpaired) electrons. The number of aromatic nitrogens is 3. The van der Waals surface area contributed by atoms with Crippen LogP contribution < -0.4 is 5.73 Å². The van der Waals surface area contributed by atoms with E-state index >= 15 is 0 Å². The number of para-hydroxylation sites is 1. The summed E-state index contributed by atoms with van der Waals surface area (Å²) in [5.41, 5.74) is 8.97. The highest BCUT2D eigenvalue weighted by atomic mass is 16.3. The molecule has 0 amide bonds. The third kappa shape index (κ3) is 4.52. The zero-order valence-corrected chi connectivity index (χ0v) is 26.0. The van der Waals surface area contributed by atoms with E-state index in [2.05, 4.69) is 9.97 Å². The SMILES string of the molecule is [2H]c1cc2c(cc1[2H])c1c([2H])c([2H])cc([2H])c1c1c([2H])c(-c3ccc4oc5cc(-c6nc(-c7ccccc7)nc(-c7c([2H])c([2H])c([2H])c([2H])c7N)n6)ccc5c4c3)c([2H])cc21. The Morgan fingerprint density at radius 3 is 2.06 bits per heavy atom. The van der Waals surface area contributed by atoms with Gasteiger partial charge in [0.15, 0.2) is 17.5 Å². The first-order chi connectivity index (χ1) is 29.2. The second-order valence-corrected chi connectivity index (χ2v) is 11.8. The maximum Gasteiger partial charge on any atom is 0.166 e. The van der Waals surface area contributed by atoms with E-state index in [0.29, 0.717) is 60.2 Å². The standard InChI is InChI=1S/C45H28N4O/c46-40-17-9-8-16-37(40)45-48-43(27-10-2-1-3-11-27)47-44(49-45)30-19-22-36-39-25-29(20-23-41(39)50-42(36)26-30)28-18-21-35-33-14-5-4-12-31(33)32-13-6-7-15-34(32)38(35)24-28/h1-26H,46H2/i4D,5D,6D,8D,9D,13D,15D,16D,17D,18D,24D. The van der Waals surface area contributed by atoms with Crippen molar-refractivity contribution in [3.8, 4) is 45.3 Å². The molecule has 0 saturated heterocycles. The largest absolute Gasteiger partial charge is 0.456 e. The van der Waals surface area contributed by atoms with E-state index in [1.165, 1.54) is 18.2 Å². The highest BCUT2D eigenvalue weighted by Gasteiger charge is 2.17. The first kappa shape index (κ1) is 19.2. The van der Waals surface area contributed by atoms with Gasteiger partial charge in [-0.05, 0) is 85.8 Å². The minimum atomic E-state index is -0.474. The van der Waals surface area contributed by atoms with Crippen LogP contribution in [0.15, 0.2) is 162 Å². The van der Waals surface area contributed by atoms with Crippen LogP contribution in [0.5, 0.6) is 0 Å². The predicted molar refractivity (Wildman–Crippen MR) is 206 cm³/mol. The maximum atomic E-state index is 9.58. The second-order valence-electron chi connectivity index (χ2n) is 11.8. The summed E-state index contributed by atoms with van der Waals surface area (Å²) < 4.78 is 101. The number of nitrogen functional groups attached to an aromatic ring is 1. The Bertz CT molecular complexity index is 3550. The molecule has 0 aliphatic carbocycles. The number of furan rings is 1. The van der Waals surface area contributed by atoms with Gasteiger partial charge in [-0.1, -0.05) is 115 Å². The molecule has 10 rings (SSSR count). The van der Waals surface area contributed by atoms with Gasteiger partial charge in [-0.15, -0.1) is 0 Å². The molecule has 2 heterocycles. The summed E-state index contributed by atoms with van der Waals surface area (Å²) in [6, 6.07) is 23.3. The van der Waals surface area contributed by atoms with Gasteiger partial charge < -0.3 is 10.2 Å². The van der Waals surface area contributed by atoms with Gasteiger partial charge in [0.1, 0.15) is 11.2 Å². The van der Waals surface area contributed by atoms with Crippen molar-refractivity contribution in [2.24, 2.45) is 0 Å². The van der Waals surface area contributed by atoms with E-state index < -0.39 is 18.1 Å². The molecule has 50 heavy (non-hydrogen) atoms. The Balaban J connectivity index is 1.15. The normalized spacial score (nSPS) is 14.8. The number of benzene rings is 8. The van der Waals surface area contributed by atoms with Crippen molar-refractivity contribution in [2.75, 3.05) is 5.73 Å². The van der Waals surface area contributed by atoms with Gasteiger partial charge in [0.2, 0.25) is 0 Å². The summed E-state index contributed by atoms with van der Waals surface area (Å²) in [6.07, 6.45) is 0. The van der Waals surface area contributed by atoms with Crippen LogP contribution in [0.2, 0.25) is 0 Å². The summed E-state index contributed by atoms with van der Waals surface area (Å²) in [7, 11) is 0. The Kier molecular flexibility index (Phi) is 4.27. The second kappa shape index (κ2) is 11.1. The quantitative estimate of drug-likeness (QED) is 0.151. The fourth-order valence-electron chi connectivity index (χ4n) is 6.48. The Labute approximate surface area is 302 Å². The summed E-state index contributed by atoms with van der Waals surface area (Å²) >= 11 is 0. The monoisotopic (exact) mass is 651 g/mol. The molecule has 0 aliphatic heterocycles. The zero-order chi connectivity index (χ0) is 42.8. The third-order valence-corrected chi connectivity index (χ3v) is 8.86. The summed E-state index contributed by atoms with van der Waals surface area (Å²) in [6.45, 7) is 0. The first-order valence-electron chi connectivity index (χ1n) is 21.2. The van der Waals surface area contributed by atoms with Crippen molar-refractivity contribution in [2.45, 2.75) is 0 Å². The average Bonchev–Trinajstić information content (AvgIpc) is 3.62. The van der Waals surface area contributed by atoms with Crippen LogP contribution in [0, 0.1) is 0 Å².